The zero-order valence-electron chi connectivity index (χ0n) is 10.7. The van der Waals surface area contributed by atoms with E-state index >= 15 is 0 Å². The van der Waals surface area contributed by atoms with Gasteiger partial charge in [0.25, 0.3) is 0 Å². The molecule has 0 aliphatic rings. The summed E-state index contributed by atoms with van der Waals surface area (Å²) in [4.78, 5) is 3.90. The smallest absolute Gasteiger partial charge is 0.213 e. The molecule has 102 valence electrons. The Morgan fingerprint density at radius 3 is 2.42 bits per heavy atom. The zero-order chi connectivity index (χ0) is 13.7. The van der Waals surface area contributed by atoms with Gasteiger partial charge in [0.1, 0.15) is 0 Å². The van der Waals surface area contributed by atoms with Crippen LogP contribution in [0.25, 0.3) is 0 Å². The van der Waals surface area contributed by atoms with Gasteiger partial charge in [0, 0.05) is 6.54 Å². The van der Waals surface area contributed by atoms with Crippen molar-refractivity contribution in [2.45, 2.75) is 13.1 Å². The lowest BCUT2D eigenvalue weighted by Crippen LogP contribution is -2.13. The molecule has 7 nitrogen and oxygen atoms in total. The lowest BCUT2D eigenvalue weighted by Gasteiger charge is -2.11. The molecule has 1 heterocycles. The van der Waals surface area contributed by atoms with Crippen molar-refractivity contribution in [2.75, 3.05) is 14.2 Å². The van der Waals surface area contributed by atoms with Crippen molar-refractivity contribution in [1.82, 2.24) is 15.5 Å². The van der Waals surface area contributed by atoms with Gasteiger partial charge in [-0.15, -0.1) is 0 Å². The second-order valence-electron chi connectivity index (χ2n) is 3.80. The predicted molar refractivity (Wildman–Crippen MR) is 66.1 cm³/mol. The Bertz CT molecular complexity index is 503. The summed E-state index contributed by atoms with van der Waals surface area (Å²) in [6.07, 6.45) is 1.28. The summed E-state index contributed by atoms with van der Waals surface area (Å²) in [5.41, 5.74) is 0.912. The highest BCUT2D eigenvalue weighted by molar-refractivity contribution is 5.52. The van der Waals surface area contributed by atoms with Gasteiger partial charge in [-0.3, -0.25) is 0 Å². The number of phenolic OH excluding ortho intramolecular Hbond substituents is 1. The normalized spacial score (nSPS) is 10.4. The fraction of sp³-hybridized carbons (Fsp3) is 0.333. The van der Waals surface area contributed by atoms with Gasteiger partial charge >= 0.3 is 0 Å². The Labute approximate surface area is 110 Å². The molecule has 2 N–H and O–H groups in total. The molecule has 0 amide bonds. The zero-order valence-corrected chi connectivity index (χ0v) is 10.7. The highest BCUT2D eigenvalue weighted by Crippen LogP contribution is 2.36. The van der Waals surface area contributed by atoms with Crippen LogP contribution >= 0.6 is 0 Å². The molecule has 2 rings (SSSR count). The molecule has 1 aromatic heterocycles. The van der Waals surface area contributed by atoms with E-state index in [2.05, 4.69) is 20.0 Å². The first-order chi connectivity index (χ1) is 9.24. The highest BCUT2D eigenvalue weighted by atomic mass is 16.5. The van der Waals surface area contributed by atoms with Crippen molar-refractivity contribution in [2.24, 2.45) is 0 Å². The molecule has 1 aromatic carbocycles. The van der Waals surface area contributed by atoms with Crippen LogP contribution in [0, 0.1) is 0 Å². The molecule has 0 radical (unpaired) electrons. The predicted octanol–water partition coefficient (Wildman–Crippen LogP) is 1.08. The molecule has 0 bridgehead atoms. The van der Waals surface area contributed by atoms with E-state index in [4.69, 9.17) is 9.47 Å². The number of hydrogen-bond donors (Lipinski definition) is 2. The van der Waals surface area contributed by atoms with Crippen molar-refractivity contribution in [1.29, 1.82) is 0 Å². The van der Waals surface area contributed by atoms with Gasteiger partial charge in [-0.1, -0.05) is 5.16 Å². The molecule has 0 aliphatic heterocycles. The lowest BCUT2D eigenvalue weighted by molar-refractivity contribution is 0.339. The first-order valence-corrected chi connectivity index (χ1v) is 5.64. The van der Waals surface area contributed by atoms with Crippen molar-refractivity contribution in [3.05, 3.63) is 29.9 Å². The van der Waals surface area contributed by atoms with Crippen LogP contribution in [0.1, 0.15) is 11.4 Å². The molecule has 0 spiro atoms. The summed E-state index contributed by atoms with van der Waals surface area (Å²) >= 11 is 0. The van der Waals surface area contributed by atoms with E-state index in [1.165, 1.54) is 20.6 Å². The first-order valence-electron chi connectivity index (χ1n) is 5.64. The number of ether oxygens (including phenoxy) is 2. The van der Waals surface area contributed by atoms with Crippen LogP contribution in [0.5, 0.6) is 17.2 Å². The summed E-state index contributed by atoms with van der Waals surface area (Å²) in [6, 6.07) is 3.47. The van der Waals surface area contributed by atoms with E-state index in [0.717, 1.165) is 5.56 Å². The fourth-order valence-corrected chi connectivity index (χ4v) is 1.64. The Morgan fingerprint density at radius 1 is 1.21 bits per heavy atom. The van der Waals surface area contributed by atoms with Gasteiger partial charge < -0.3 is 24.4 Å². The number of rotatable bonds is 6. The summed E-state index contributed by atoms with van der Waals surface area (Å²) in [5.74, 6) is 1.32. The van der Waals surface area contributed by atoms with E-state index in [-0.39, 0.29) is 5.75 Å². The van der Waals surface area contributed by atoms with Crippen LogP contribution in [0.3, 0.4) is 0 Å². The number of benzene rings is 1. The molecular weight excluding hydrogens is 250 g/mol. The van der Waals surface area contributed by atoms with Crippen LogP contribution in [-0.4, -0.2) is 29.5 Å². The van der Waals surface area contributed by atoms with E-state index in [1.807, 2.05) is 0 Å². The number of hydrogen-bond acceptors (Lipinski definition) is 7. The summed E-state index contributed by atoms with van der Waals surface area (Å²) in [5, 5.41) is 16.6. The average molecular weight is 265 g/mol. The molecule has 0 atom stereocenters. The number of nitrogens with zero attached hydrogens (tertiary/aromatic N) is 2. The summed E-state index contributed by atoms with van der Waals surface area (Å²) < 4.78 is 14.8. The Morgan fingerprint density at radius 2 is 1.89 bits per heavy atom. The molecule has 7 heteroatoms. The largest absolute Gasteiger partial charge is 0.502 e. The monoisotopic (exact) mass is 265 g/mol. The van der Waals surface area contributed by atoms with Gasteiger partial charge in [-0.2, -0.15) is 4.98 Å². The Hall–Kier alpha value is -2.28. The van der Waals surface area contributed by atoms with Gasteiger partial charge in [0.2, 0.25) is 12.1 Å². The maximum absolute atomic E-state index is 9.79. The van der Waals surface area contributed by atoms with Crippen molar-refractivity contribution >= 4 is 0 Å². The molecule has 0 aliphatic carbocycles. The lowest BCUT2D eigenvalue weighted by atomic mass is 10.2. The third-order valence-corrected chi connectivity index (χ3v) is 2.56. The minimum absolute atomic E-state index is 0.00748. The molecular formula is C12H15N3O4. The molecule has 19 heavy (non-hydrogen) atoms. The minimum atomic E-state index is -0.00748. The SMILES string of the molecule is COc1cc(CNCc2ncon2)cc(OC)c1O. The van der Waals surface area contributed by atoms with Gasteiger partial charge in [-0.25, -0.2) is 0 Å². The standard InChI is InChI=1S/C12H15N3O4/c1-17-9-3-8(4-10(18-2)12(9)16)5-13-6-11-14-7-19-15-11/h3-4,7,13,16H,5-6H2,1-2H3. The quantitative estimate of drug-likeness (QED) is 0.807. The van der Waals surface area contributed by atoms with E-state index in [1.54, 1.807) is 12.1 Å². The van der Waals surface area contributed by atoms with Crippen LogP contribution in [-0.2, 0) is 13.1 Å². The van der Waals surface area contributed by atoms with Gasteiger partial charge in [-0.05, 0) is 17.7 Å². The second kappa shape index (κ2) is 6.05. The van der Waals surface area contributed by atoms with Crippen molar-refractivity contribution in [3.8, 4) is 17.2 Å². The Balaban J connectivity index is 2.03. The maximum Gasteiger partial charge on any atom is 0.213 e. The van der Waals surface area contributed by atoms with Crippen LogP contribution in [0.2, 0.25) is 0 Å². The fourth-order valence-electron chi connectivity index (χ4n) is 1.64. The van der Waals surface area contributed by atoms with Crippen LogP contribution in [0.15, 0.2) is 23.0 Å². The number of phenols is 1. The topological polar surface area (TPSA) is 89.6 Å². The number of aromatic hydroxyl groups is 1. The van der Waals surface area contributed by atoms with E-state index in [0.29, 0.717) is 30.4 Å². The van der Waals surface area contributed by atoms with E-state index < -0.39 is 0 Å². The van der Waals surface area contributed by atoms with Crippen molar-refractivity contribution < 1.29 is 19.1 Å². The molecule has 0 saturated heterocycles. The van der Waals surface area contributed by atoms with Gasteiger partial charge in [0.05, 0.1) is 20.8 Å². The third-order valence-electron chi connectivity index (χ3n) is 2.56. The van der Waals surface area contributed by atoms with Gasteiger partial charge in [0.15, 0.2) is 17.3 Å². The molecule has 0 fully saturated rings. The van der Waals surface area contributed by atoms with E-state index in [9.17, 15) is 5.11 Å². The average Bonchev–Trinajstić information content (AvgIpc) is 2.93. The third kappa shape index (κ3) is 3.14. The highest BCUT2D eigenvalue weighted by Gasteiger charge is 2.11. The van der Waals surface area contributed by atoms with Crippen LogP contribution < -0.4 is 14.8 Å². The number of nitrogens with one attached hydrogen (secondary N) is 1. The molecule has 0 saturated carbocycles. The summed E-state index contributed by atoms with van der Waals surface area (Å²) in [6.45, 7) is 1.05. The first kappa shape index (κ1) is 13.2. The maximum atomic E-state index is 9.79. The minimum Gasteiger partial charge on any atom is -0.502 e. The van der Waals surface area contributed by atoms with Crippen molar-refractivity contribution in [3.63, 3.8) is 0 Å². The van der Waals surface area contributed by atoms with Crippen LogP contribution in [0.4, 0.5) is 0 Å². The summed E-state index contributed by atoms with van der Waals surface area (Å²) in [7, 11) is 2.98. The number of methoxy groups -OCH3 is 2. The second-order valence-corrected chi connectivity index (χ2v) is 3.80. The Kier molecular flexibility index (Phi) is 4.19. The molecule has 0 unspecified atom stereocenters. The molecule has 2 aromatic rings. The number of aromatic nitrogens is 2.